The molecule has 1 N–H and O–H groups in total. The monoisotopic (exact) mass is 496 g/mol. The SMILES string of the molecule is CCC[N+](CCC)(C(=O)N=S)[C@H]1CC[C@@](CNC(=O)c2ccccc2OC)(c2ccccc2)CC1. The van der Waals surface area contributed by atoms with Crippen LogP contribution in [0, 0.1) is 0 Å². The number of quaternary nitrogens is 1. The predicted octanol–water partition coefficient (Wildman–Crippen LogP) is 5.79. The summed E-state index contributed by atoms with van der Waals surface area (Å²) in [6.07, 6.45) is 5.35. The fraction of sp³-hybridized carbons (Fsp3) is 0.500. The number of carbonyl (C=O) groups is 2. The van der Waals surface area contributed by atoms with Crippen LogP contribution in [-0.2, 0) is 17.8 Å². The topological polar surface area (TPSA) is 67.8 Å². The molecule has 0 atom stereocenters. The molecule has 1 fully saturated rings. The van der Waals surface area contributed by atoms with Crippen molar-refractivity contribution in [2.24, 2.45) is 4.36 Å². The number of hydrogen-bond acceptors (Lipinski definition) is 4. The molecule has 0 saturated heterocycles. The number of amides is 3. The average Bonchev–Trinajstić information content (AvgIpc) is 2.91. The molecule has 0 heterocycles. The lowest BCUT2D eigenvalue weighted by atomic mass is 9.67. The van der Waals surface area contributed by atoms with Crippen LogP contribution < -0.4 is 10.1 Å². The maximum Gasteiger partial charge on any atom is 0.454 e. The van der Waals surface area contributed by atoms with Crippen LogP contribution in [0.4, 0.5) is 4.79 Å². The first-order valence-electron chi connectivity index (χ1n) is 12.7. The summed E-state index contributed by atoms with van der Waals surface area (Å²) in [5, 5.41) is 3.19. The molecule has 0 spiro atoms. The van der Waals surface area contributed by atoms with Gasteiger partial charge in [-0.1, -0.05) is 60.7 Å². The Hall–Kier alpha value is -2.64. The van der Waals surface area contributed by atoms with Crippen LogP contribution in [0.3, 0.4) is 0 Å². The maximum absolute atomic E-state index is 13.1. The van der Waals surface area contributed by atoms with Gasteiger partial charge in [-0.3, -0.25) is 4.79 Å². The first kappa shape index (κ1) is 27.0. The molecular weight excluding hydrogens is 458 g/mol. The number of carbonyl (C=O) groups excluding carboxylic acids is 2. The van der Waals surface area contributed by atoms with E-state index in [1.54, 1.807) is 19.2 Å². The number of nitrogens with zero attached hydrogens (tertiary/aromatic N) is 2. The number of urea groups is 1. The number of rotatable bonds is 10. The highest BCUT2D eigenvalue weighted by atomic mass is 32.1. The summed E-state index contributed by atoms with van der Waals surface area (Å²) in [7, 11) is 1.58. The largest absolute Gasteiger partial charge is 0.496 e. The van der Waals surface area contributed by atoms with Crippen molar-refractivity contribution in [1.82, 2.24) is 5.32 Å². The van der Waals surface area contributed by atoms with E-state index < -0.39 is 0 Å². The number of para-hydroxylation sites is 1. The molecule has 1 saturated carbocycles. The molecule has 1 aliphatic carbocycles. The Morgan fingerprint density at radius 1 is 1.03 bits per heavy atom. The Morgan fingerprint density at radius 3 is 2.20 bits per heavy atom. The third-order valence-electron chi connectivity index (χ3n) is 7.64. The third kappa shape index (κ3) is 5.78. The Bertz CT molecular complexity index is 998. The second-order valence-electron chi connectivity index (χ2n) is 9.62. The molecular formula is C28H38N3O3S+. The Kier molecular flexibility index (Phi) is 9.52. The first-order chi connectivity index (χ1) is 17.0. The number of methoxy groups -OCH3 is 1. The third-order valence-corrected chi connectivity index (χ3v) is 7.80. The molecule has 188 valence electrons. The number of ether oxygens (including phenoxy) is 1. The molecule has 0 bridgehead atoms. The number of hydrogen-bond donors (Lipinski definition) is 1. The van der Waals surface area contributed by atoms with Gasteiger partial charge in [0.1, 0.15) is 5.75 Å². The maximum atomic E-state index is 13.1. The summed E-state index contributed by atoms with van der Waals surface area (Å²) in [4.78, 5) is 26.1. The average molecular weight is 497 g/mol. The minimum atomic E-state index is -0.197. The van der Waals surface area contributed by atoms with E-state index in [4.69, 9.17) is 17.2 Å². The molecule has 0 radical (unpaired) electrons. The summed E-state index contributed by atoms with van der Waals surface area (Å²) < 4.78 is 9.47. The van der Waals surface area contributed by atoms with Crippen LogP contribution in [0.5, 0.6) is 5.75 Å². The van der Waals surface area contributed by atoms with Gasteiger partial charge in [0.25, 0.3) is 5.91 Å². The van der Waals surface area contributed by atoms with E-state index in [1.807, 2.05) is 18.2 Å². The molecule has 2 aromatic rings. The summed E-state index contributed by atoms with van der Waals surface area (Å²) in [6.45, 7) is 6.29. The molecule has 3 amide bonds. The van der Waals surface area contributed by atoms with Crippen LogP contribution in [0.2, 0.25) is 0 Å². The van der Waals surface area contributed by atoms with Gasteiger partial charge in [-0.05, 0) is 43.4 Å². The molecule has 0 aliphatic heterocycles. The molecule has 0 aromatic heterocycles. The van der Waals surface area contributed by atoms with Crippen molar-refractivity contribution in [3.05, 3.63) is 65.7 Å². The normalized spacial score (nSPS) is 20.1. The van der Waals surface area contributed by atoms with Crippen molar-refractivity contribution in [2.45, 2.75) is 63.8 Å². The Labute approximate surface area is 214 Å². The molecule has 6 nitrogen and oxygen atoms in total. The summed E-state index contributed by atoms with van der Waals surface area (Å²) in [5.74, 6) is 0.428. The van der Waals surface area contributed by atoms with E-state index in [2.05, 4.69) is 47.8 Å². The second-order valence-corrected chi connectivity index (χ2v) is 9.80. The molecule has 7 heteroatoms. The highest BCUT2D eigenvalue weighted by molar-refractivity contribution is 7.47. The lowest BCUT2D eigenvalue weighted by Crippen LogP contribution is -2.61. The molecule has 2 aromatic carbocycles. The standard InChI is InChI=1S/C28H37N3O3S/c1-4-19-31(20-5-2,27(33)30-35)23-15-17-28(18-16-23,22-11-7-6-8-12-22)21-29-26(32)24-13-9-10-14-25(24)34-3/h6-14,23H,4-5,15-21H2,1-3H3/p+1/t23-,28+. The lowest BCUT2D eigenvalue weighted by Gasteiger charge is -2.47. The van der Waals surface area contributed by atoms with E-state index >= 15 is 0 Å². The van der Waals surface area contributed by atoms with Crippen molar-refractivity contribution in [2.75, 3.05) is 26.7 Å². The van der Waals surface area contributed by atoms with Crippen LogP contribution >= 0.6 is 0 Å². The number of benzene rings is 2. The van der Waals surface area contributed by atoms with Gasteiger partial charge in [-0.25, -0.2) is 9.28 Å². The minimum Gasteiger partial charge on any atom is -0.496 e. The summed E-state index contributed by atoms with van der Waals surface area (Å²) >= 11 is 4.88. The van der Waals surface area contributed by atoms with E-state index in [-0.39, 0.29) is 23.4 Å². The zero-order chi connectivity index (χ0) is 25.3. The molecule has 3 rings (SSSR count). The van der Waals surface area contributed by atoms with E-state index in [9.17, 15) is 9.59 Å². The van der Waals surface area contributed by atoms with E-state index in [0.717, 1.165) is 51.6 Å². The van der Waals surface area contributed by atoms with Gasteiger partial charge >= 0.3 is 6.03 Å². The van der Waals surface area contributed by atoms with Crippen LogP contribution in [0.15, 0.2) is 59.0 Å². The second kappa shape index (κ2) is 12.4. The van der Waals surface area contributed by atoms with Gasteiger partial charge in [0.05, 0.1) is 44.2 Å². The van der Waals surface area contributed by atoms with Gasteiger partial charge in [0, 0.05) is 24.8 Å². The van der Waals surface area contributed by atoms with Gasteiger partial charge in [0.2, 0.25) is 0 Å². The van der Waals surface area contributed by atoms with E-state index in [0.29, 0.717) is 22.3 Å². The minimum absolute atomic E-state index is 0.137. The van der Waals surface area contributed by atoms with Crippen LogP contribution in [-0.4, -0.2) is 49.2 Å². The molecule has 1 aliphatic rings. The predicted molar refractivity (Wildman–Crippen MR) is 141 cm³/mol. The highest BCUT2D eigenvalue weighted by Crippen LogP contribution is 2.43. The first-order valence-corrected chi connectivity index (χ1v) is 13.0. The van der Waals surface area contributed by atoms with Crippen LogP contribution in [0.1, 0.15) is 68.3 Å². The zero-order valence-corrected chi connectivity index (χ0v) is 22.0. The summed E-state index contributed by atoms with van der Waals surface area (Å²) in [5.41, 5.74) is 1.56. The zero-order valence-electron chi connectivity index (χ0n) is 21.2. The molecule has 0 unspecified atom stereocenters. The quantitative estimate of drug-likeness (QED) is 0.423. The van der Waals surface area contributed by atoms with Crippen molar-refractivity contribution in [1.29, 1.82) is 0 Å². The van der Waals surface area contributed by atoms with Gasteiger partial charge in [-0.2, -0.15) is 0 Å². The Balaban J connectivity index is 1.85. The van der Waals surface area contributed by atoms with Crippen molar-refractivity contribution in [3.63, 3.8) is 0 Å². The van der Waals surface area contributed by atoms with Gasteiger partial charge in [-0.15, -0.1) is 0 Å². The van der Waals surface area contributed by atoms with Gasteiger partial charge < -0.3 is 10.1 Å². The van der Waals surface area contributed by atoms with Crippen molar-refractivity contribution in [3.8, 4) is 5.75 Å². The molecule has 35 heavy (non-hydrogen) atoms. The summed E-state index contributed by atoms with van der Waals surface area (Å²) in [6, 6.07) is 17.7. The van der Waals surface area contributed by atoms with Crippen molar-refractivity contribution < 1.29 is 18.8 Å². The van der Waals surface area contributed by atoms with Crippen LogP contribution in [0.25, 0.3) is 0 Å². The fourth-order valence-corrected chi connectivity index (χ4v) is 6.05. The fourth-order valence-electron chi connectivity index (χ4n) is 5.89. The van der Waals surface area contributed by atoms with E-state index in [1.165, 1.54) is 5.56 Å². The Morgan fingerprint density at radius 2 is 1.63 bits per heavy atom. The number of nitrogens with one attached hydrogen (secondary N) is 1. The van der Waals surface area contributed by atoms with Crippen molar-refractivity contribution >= 4 is 24.4 Å². The van der Waals surface area contributed by atoms with Gasteiger partial charge in [0.15, 0.2) is 0 Å². The smallest absolute Gasteiger partial charge is 0.454 e. The lowest BCUT2D eigenvalue weighted by molar-refractivity contribution is -0.876. The highest BCUT2D eigenvalue weighted by Gasteiger charge is 2.48.